The number of amides is 1. The molecule has 0 radical (unpaired) electrons. The van der Waals surface area contributed by atoms with Crippen molar-refractivity contribution in [2.75, 3.05) is 32.1 Å². The van der Waals surface area contributed by atoms with Gasteiger partial charge in [-0.25, -0.2) is 9.97 Å². The first-order valence-electron chi connectivity index (χ1n) is 8.82. The largest absolute Gasteiger partial charge is 0.377 e. The van der Waals surface area contributed by atoms with Crippen molar-refractivity contribution in [2.45, 2.75) is 39.7 Å². The van der Waals surface area contributed by atoms with E-state index in [1.165, 1.54) is 0 Å². The second-order valence-corrected chi connectivity index (χ2v) is 6.48. The molecule has 0 spiro atoms. The highest BCUT2D eigenvalue weighted by atomic mass is 16.5. The summed E-state index contributed by atoms with van der Waals surface area (Å²) in [5.41, 5.74) is 2.70. The third-order valence-electron chi connectivity index (χ3n) is 4.64. The topological polar surface area (TPSA) is 93.4 Å². The summed E-state index contributed by atoms with van der Waals surface area (Å²) in [5.74, 6) is 2.19. The Morgan fingerprint density at radius 1 is 1.35 bits per heavy atom. The second kappa shape index (κ2) is 7.82. The number of aryl methyl sites for hydroxylation is 3. The first-order chi connectivity index (χ1) is 12.5. The Bertz CT molecular complexity index is 770. The van der Waals surface area contributed by atoms with Gasteiger partial charge in [0, 0.05) is 37.3 Å². The molecule has 8 nitrogen and oxygen atoms in total. The van der Waals surface area contributed by atoms with Gasteiger partial charge in [0.1, 0.15) is 17.6 Å². The van der Waals surface area contributed by atoms with Crippen LogP contribution in [0.4, 0.5) is 5.82 Å². The Labute approximate surface area is 152 Å². The van der Waals surface area contributed by atoms with Crippen molar-refractivity contribution < 1.29 is 14.1 Å². The van der Waals surface area contributed by atoms with Gasteiger partial charge in [0.05, 0.1) is 18.9 Å². The molecule has 0 saturated carbocycles. The minimum atomic E-state index is -0.270. The summed E-state index contributed by atoms with van der Waals surface area (Å²) in [4.78, 5) is 23.8. The van der Waals surface area contributed by atoms with Gasteiger partial charge in [-0.15, -0.1) is 0 Å². The number of nitrogens with one attached hydrogen (secondary N) is 1. The Hall–Kier alpha value is -2.48. The number of anilines is 1. The molecule has 140 valence electrons. The maximum absolute atomic E-state index is 12.9. The highest BCUT2D eigenvalue weighted by molar-refractivity contribution is 5.77. The van der Waals surface area contributed by atoms with Gasteiger partial charge in [0.2, 0.25) is 5.91 Å². The number of rotatable bonds is 5. The second-order valence-electron chi connectivity index (χ2n) is 6.48. The fraction of sp³-hybridized carbons (Fsp3) is 0.556. The van der Waals surface area contributed by atoms with Crippen molar-refractivity contribution in [3.8, 4) is 0 Å². The first-order valence-corrected chi connectivity index (χ1v) is 8.82. The Morgan fingerprint density at radius 2 is 2.15 bits per heavy atom. The first kappa shape index (κ1) is 18.3. The molecule has 1 N–H and O–H groups in total. The average molecular weight is 359 g/mol. The maximum atomic E-state index is 12.9. The predicted molar refractivity (Wildman–Crippen MR) is 95.9 cm³/mol. The van der Waals surface area contributed by atoms with E-state index in [4.69, 9.17) is 9.26 Å². The van der Waals surface area contributed by atoms with Crippen LogP contribution in [0.2, 0.25) is 0 Å². The lowest BCUT2D eigenvalue weighted by molar-refractivity contribution is -0.140. The van der Waals surface area contributed by atoms with E-state index < -0.39 is 0 Å². The van der Waals surface area contributed by atoms with Crippen LogP contribution >= 0.6 is 0 Å². The summed E-state index contributed by atoms with van der Waals surface area (Å²) >= 11 is 0. The smallest absolute Gasteiger partial charge is 0.223 e. The number of nitrogens with zero attached hydrogens (tertiary/aromatic N) is 4. The van der Waals surface area contributed by atoms with E-state index in [1.54, 1.807) is 0 Å². The number of hydrogen-bond acceptors (Lipinski definition) is 7. The van der Waals surface area contributed by atoms with Gasteiger partial charge in [-0.05, 0) is 27.2 Å². The van der Waals surface area contributed by atoms with Crippen molar-refractivity contribution in [2.24, 2.45) is 0 Å². The molecule has 2 aromatic rings. The van der Waals surface area contributed by atoms with Gasteiger partial charge in [0.25, 0.3) is 0 Å². The highest BCUT2D eigenvalue weighted by Gasteiger charge is 2.31. The molecule has 0 aromatic carbocycles. The van der Waals surface area contributed by atoms with E-state index in [2.05, 4.69) is 20.4 Å². The van der Waals surface area contributed by atoms with Gasteiger partial charge < -0.3 is 19.5 Å². The van der Waals surface area contributed by atoms with Gasteiger partial charge >= 0.3 is 0 Å². The van der Waals surface area contributed by atoms with Crippen molar-refractivity contribution >= 4 is 11.7 Å². The summed E-state index contributed by atoms with van der Waals surface area (Å²) < 4.78 is 10.8. The molecule has 0 bridgehead atoms. The summed E-state index contributed by atoms with van der Waals surface area (Å²) in [6, 6.07) is 1.60. The molecule has 1 aliphatic rings. The van der Waals surface area contributed by atoms with Gasteiger partial charge in [-0.2, -0.15) is 0 Å². The molecule has 1 fully saturated rings. The number of aromatic nitrogens is 3. The van der Waals surface area contributed by atoms with Crippen LogP contribution < -0.4 is 5.32 Å². The Balaban J connectivity index is 1.76. The van der Waals surface area contributed by atoms with E-state index >= 15 is 0 Å². The van der Waals surface area contributed by atoms with Crippen molar-refractivity contribution in [1.29, 1.82) is 0 Å². The van der Waals surface area contributed by atoms with E-state index in [-0.39, 0.29) is 11.9 Å². The zero-order chi connectivity index (χ0) is 18.7. The molecule has 2 aromatic heterocycles. The van der Waals surface area contributed by atoms with E-state index in [1.807, 2.05) is 38.8 Å². The van der Waals surface area contributed by atoms with E-state index in [0.717, 1.165) is 28.5 Å². The lowest BCUT2D eigenvalue weighted by Gasteiger charge is -2.35. The van der Waals surface area contributed by atoms with Gasteiger partial charge in [-0.1, -0.05) is 5.16 Å². The summed E-state index contributed by atoms with van der Waals surface area (Å²) in [6.07, 6.45) is 1.00. The van der Waals surface area contributed by atoms with Crippen LogP contribution in [-0.4, -0.2) is 52.7 Å². The molecule has 3 rings (SSSR count). The average Bonchev–Trinajstić information content (AvgIpc) is 2.97. The Kier molecular flexibility index (Phi) is 5.51. The van der Waals surface area contributed by atoms with Gasteiger partial charge in [-0.3, -0.25) is 4.79 Å². The highest BCUT2D eigenvalue weighted by Crippen LogP contribution is 2.24. The monoisotopic (exact) mass is 359 g/mol. The molecular weight excluding hydrogens is 334 g/mol. The lowest BCUT2D eigenvalue weighted by atomic mass is 10.1. The van der Waals surface area contributed by atoms with Crippen LogP contribution in [0.3, 0.4) is 0 Å². The number of hydrogen-bond donors (Lipinski definition) is 1. The summed E-state index contributed by atoms with van der Waals surface area (Å²) in [7, 11) is 1.81. The molecular formula is C18H25N5O3. The van der Waals surface area contributed by atoms with Crippen LogP contribution in [0, 0.1) is 20.8 Å². The lowest BCUT2D eigenvalue weighted by Crippen LogP contribution is -2.44. The fourth-order valence-electron chi connectivity index (χ4n) is 3.22. The molecule has 1 atom stereocenters. The number of ether oxygens (including phenoxy) is 1. The Morgan fingerprint density at radius 3 is 2.85 bits per heavy atom. The predicted octanol–water partition coefficient (Wildman–Crippen LogP) is 1.96. The molecule has 3 heterocycles. The minimum Gasteiger partial charge on any atom is -0.377 e. The van der Waals surface area contributed by atoms with Crippen molar-refractivity contribution in [3.63, 3.8) is 0 Å². The molecule has 1 saturated heterocycles. The zero-order valence-corrected chi connectivity index (χ0v) is 15.7. The molecule has 1 aliphatic heterocycles. The van der Waals surface area contributed by atoms with Crippen LogP contribution in [0.15, 0.2) is 10.6 Å². The number of carbonyl (C=O) groups excluding carboxylic acids is 1. The molecule has 26 heavy (non-hydrogen) atoms. The van der Waals surface area contributed by atoms with Crippen molar-refractivity contribution in [1.82, 2.24) is 20.0 Å². The normalized spacial score (nSPS) is 17.4. The fourth-order valence-corrected chi connectivity index (χ4v) is 3.22. The van der Waals surface area contributed by atoms with Crippen molar-refractivity contribution in [3.05, 3.63) is 34.6 Å². The molecule has 0 aliphatic carbocycles. The zero-order valence-electron chi connectivity index (χ0n) is 15.7. The number of morpholine rings is 1. The van der Waals surface area contributed by atoms with E-state index in [9.17, 15) is 4.79 Å². The molecule has 0 unspecified atom stereocenters. The molecule has 1 amide bonds. The summed E-state index contributed by atoms with van der Waals surface area (Å²) in [6.45, 7) is 7.16. The number of carbonyl (C=O) groups is 1. The quantitative estimate of drug-likeness (QED) is 0.872. The third-order valence-corrected chi connectivity index (χ3v) is 4.64. The van der Waals surface area contributed by atoms with E-state index in [0.29, 0.717) is 38.4 Å². The summed E-state index contributed by atoms with van der Waals surface area (Å²) in [5, 5.41) is 6.99. The standard InChI is InChI=1S/C18H25N5O3/c1-11-9-16(19-4)21-18(20-11)15-10-25-8-7-23(15)17(24)6-5-14-12(2)22-26-13(14)3/h9,15H,5-8,10H2,1-4H3,(H,19,20,21)/t15-/m0/s1. The third kappa shape index (κ3) is 3.85. The SMILES string of the molecule is CNc1cc(C)nc([C@@H]2COCCN2C(=O)CCc2c(C)noc2C)n1. The van der Waals surface area contributed by atoms with Gasteiger partial charge in [0.15, 0.2) is 5.82 Å². The van der Waals surface area contributed by atoms with Crippen LogP contribution in [0.1, 0.15) is 41.0 Å². The molecule has 8 heteroatoms. The van der Waals surface area contributed by atoms with Crippen LogP contribution in [0.25, 0.3) is 0 Å². The minimum absolute atomic E-state index is 0.0643. The van der Waals surface area contributed by atoms with Crippen LogP contribution in [-0.2, 0) is 16.0 Å². The van der Waals surface area contributed by atoms with Crippen LogP contribution in [0.5, 0.6) is 0 Å². The maximum Gasteiger partial charge on any atom is 0.223 e.